The molecule has 0 unspecified atom stereocenters. The van der Waals surface area contributed by atoms with Gasteiger partial charge in [0.15, 0.2) is 0 Å². The van der Waals surface area contributed by atoms with Crippen LogP contribution in [0.5, 0.6) is 0 Å². The summed E-state index contributed by atoms with van der Waals surface area (Å²) in [6.45, 7) is 1.62. The van der Waals surface area contributed by atoms with Gasteiger partial charge >= 0.3 is 5.97 Å². The number of aryl methyl sites for hydroxylation is 1. The highest BCUT2D eigenvalue weighted by Gasteiger charge is 2.34. The zero-order valence-corrected chi connectivity index (χ0v) is 10.6. The van der Waals surface area contributed by atoms with Crippen LogP contribution in [0.15, 0.2) is 18.2 Å². The summed E-state index contributed by atoms with van der Waals surface area (Å²) in [5.74, 6) is -2.29. The fraction of sp³-hybridized carbons (Fsp3) is 0.429. The number of carbonyl (C=O) groups excluding carboxylic acids is 1. The van der Waals surface area contributed by atoms with Crippen LogP contribution in [0.2, 0.25) is 0 Å². The van der Waals surface area contributed by atoms with E-state index >= 15 is 0 Å². The Kier molecular flexibility index (Phi) is 3.83. The highest BCUT2D eigenvalue weighted by Crippen LogP contribution is 2.26. The summed E-state index contributed by atoms with van der Waals surface area (Å²) in [5.41, 5.74) is 0.694. The van der Waals surface area contributed by atoms with Crippen LogP contribution in [0.3, 0.4) is 0 Å². The van der Waals surface area contributed by atoms with Gasteiger partial charge in [0.25, 0.3) is 5.91 Å². The van der Waals surface area contributed by atoms with Gasteiger partial charge in [-0.3, -0.25) is 9.59 Å². The van der Waals surface area contributed by atoms with Crippen LogP contribution < -0.4 is 5.32 Å². The number of carboxylic acids is 1. The quantitative estimate of drug-likeness (QED) is 0.879. The van der Waals surface area contributed by atoms with Crippen molar-refractivity contribution >= 4 is 11.9 Å². The molecule has 1 aromatic rings. The minimum Gasteiger partial charge on any atom is -0.481 e. The van der Waals surface area contributed by atoms with Crippen molar-refractivity contribution in [2.24, 2.45) is 5.92 Å². The number of amides is 1. The second kappa shape index (κ2) is 5.38. The summed E-state index contributed by atoms with van der Waals surface area (Å²) in [5, 5.41) is 11.7. The number of benzene rings is 1. The molecule has 19 heavy (non-hydrogen) atoms. The summed E-state index contributed by atoms with van der Waals surface area (Å²) >= 11 is 0. The van der Waals surface area contributed by atoms with Gasteiger partial charge in [-0.05, 0) is 37.5 Å². The third-order valence-corrected chi connectivity index (χ3v) is 3.58. The van der Waals surface area contributed by atoms with E-state index in [1.165, 1.54) is 12.1 Å². The lowest BCUT2D eigenvalue weighted by Gasteiger charge is -2.17. The minimum absolute atomic E-state index is 0.221. The van der Waals surface area contributed by atoms with E-state index < -0.39 is 23.6 Å². The van der Waals surface area contributed by atoms with Gasteiger partial charge < -0.3 is 10.4 Å². The SMILES string of the molecule is Cc1ccc(C(=O)N[C@@H]2CCC[C@@H]2C(=O)O)cc1F. The van der Waals surface area contributed by atoms with Crippen molar-refractivity contribution in [3.8, 4) is 0 Å². The van der Waals surface area contributed by atoms with E-state index in [-0.39, 0.29) is 11.6 Å². The Hall–Kier alpha value is -1.91. The molecule has 0 aromatic heterocycles. The van der Waals surface area contributed by atoms with Crippen LogP contribution in [-0.4, -0.2) is 23.0 Å². The molecule has 2 rings (SSSR count). The molecular weight excluding hydrogens is 249 g/mol. The molecule has 1 amide bonds. The van der Waals surface area contributed by atoms with E-state index in [1.54, 1.807) is 13.0 Å². The molecule has 0 heterocycles. The lowest BCUT2D eigenvalue weighted by Crippen LogP contribution is -2.40. The molecule has 1 aromatic carbocycles. The number of rotatable bonds is 3. The first-order valence-corrected chi connectivity index (χ1v) is 6.29. The summed E-state index contributed by atoms with van der Waals surface area (Å²) in [7, 11) is 0. The normalized spacial score (nSPS) is 22.2. The van der Waals surface area contributed by atoms with Gasteiger partial charge in [0.05, 0.1) is 5.92 Å². The number of aliphatic carboxylic acids is 1. The van der Waals surface area contributed by atoms with Crippen LogP contribution in [-0.2, 0) is 4.79 Å². The maximum atomic E-state index is 13.4. The van der Waals surface area contributed by atoms with Gasteiger partial charge in [-0.25, -0.2) is 4.39 Å². The lowest BCUT2D eigenvalue weighted by molar-refractivity contribution is -0.142. The second-order valence-electron chi connectivity index (χ2n) is 4.92. The standard InChI is InChI=1S/C14H16FNO3/c1-8-5-6-9(7-11(8)15)13(17)16-12-4-2-3-10(12)14(18)19/h5-7,10,12H,2-4H2,1H3,(H,16,17)(H,18,19)/t10-,12+/m0/s1. The van der Waals surface area contributed by atoms with Crippen molar-refractivity contribution < 1.29 is 19.1 Å². The van der Waals surface area contributed by atoms with Crippen LogP contribution >= 0.6 is 0 Å². The Bertz CT molecular complexity index is 515. The van der Waals surface area contributed by atoms with Crippen molar-refractivity contribution in [1.29, 1.82) is 0 Å². The zero-order chi connectivity index (χ0) is 14.0. The van der Waals surface area contributed by atoms with Crippen molar-refractivity contribution in [2.45, 2.75) is 32.2 Å². The Balaban J connectivity index is 2.08. The van der Waals surface area contributed by atoms with Gasteiger partial charge in [0, 0.05) is 11.6 Å². The third kappa shape index (κ3) is 2.92. The molecule has 1 saturated carbocycles. The van der Waals surface area contributed by atoms with Crippen LogP contribution in [0, 0.1) is 18.7 Å². The fourth-order valence-corrected chi connectivity index (χ4v) is 2.41. The Morgan fingerprint density at radius 1 is 1.37 bits per heavy atom. The Morgan fingerprint density at radius 3 is 2.74 bits per heavy atom. The van der Waals surface area contributed by atoms with E-state index in [0.717, 1.165) is 6.42 Å². The average molecular weight is 265 g/mol. The van der Waals surface area contributed by atoms with E-state index in [4.69, 9.17) is 5.11 Å². The molecule has 0 bridgehead atoms. The number of carboxylic acid groups (broad SMARTS) is 1. The van der Waals surface area contributed by atoms with Crippen LogP contribution in [0.4, 0.5) is 4.39 Å². The summed E-state index contributed by atoms with van der Waals surface area (Å²) in [4.78, 5) is 23.0. The van der Waals surface area contributed by atoms with E-state index in [2.05, 4.69) is 5.32 Å². The fourth-order valence-electron chi connectivity index (χ4n) is 2.41. The highest BCUT2D eigenvalue weighted by atomic mass is 19.1. The topological polar surface area (TPSA) is 66.4 Å². The predicted octanol–water partition coefficient (Wildman–Crippen LogP) is 2.12. The predicted molar refractivity (Wildman–Crippen MR) is 67.4 cm³/mol. The molecular formula is C14H16FNO3. The number of nitrogens with one attached hydrogen (secondary N) is 1. The molecule has 0 spiro atoms. The van der Waals surface area contributed by atoms with Crippen molar-refractivity contribution in [3.05, 3.63) is 35.1 Å². The molecule has 0 saturated heterocycles. The van der Waals surface area contributed by atoms with Crippen molar-refractivity contribution in [2.75, 3.05) is 0 Å². The van der Waals surface area contributed by atoms with E-state index in [9.17, 15) is 14.0 Å². The van der Waals surface area contributed by atoms with Gasteiger partial charge in [-0.2, -0.15) is 0 Å². The molecule has 1 aliphatic carbocycles. The molecule has 2 N–H and O–H groups in total. The van der Waals surface area contributed by atoms with E-state index in [0.29, 0.717) is 18.4 Å². The molecule has 5 heteroatoms. The molecule has 4 nitrogen and oxygen atoms in total. The monoisotopic (exact) mass is 265 g/mol. The molecule has 0 radical (unpaired) electrons. The number of hydrogen-bond donors (Lipinski definition) is 2. The van der Waals surface area contributed by atoms with Gasteiger partial charge in [0.2, 0.25) is 0 Å². The first-order valence-electron chi connectivity index (χ1n) is 6.29. The number of hydrogen-bond acceptors (Lipinski definition) is 2. The van der Waals surface area contributed by atoms with E-state index in [1.807, 2.05) is 0 Å². The molecule has 0 aliphatic heterocycles. The minimum atomic E-state index is -0.891. The molecule has 1 aliphatic rings. The zero-order valence-electron chi connectivity index (χ0n) is 10.6. The number of halogens is 1. The molecule has 102 valence electrons. The van der Waals surface area contributed by atoms with Gasteiger partial charge in [-0.15, -0.1) is 0 Å². The molecule has 1 fully saturated rings. The van der Waals surface area contributed by atoms with Crippen LogP contribution in [0.1, 0.15) is 35.2 Å². The first-order chi connectivity index (χ1) is 8.99. The smallest absolute Gasteiger partial charge is 0.308 e. The second-order valence-corrected chi connectivity index (χ2v) is 4.92. The summed E-state index contributed by atoms with van der Waals surface area (Å²) in [6.07, 6.45) is 2.00. The number of carbonyl (C=O) groups is 2. The van der Waals surface area contributed by atoms with Crippen molar-refractivity contribution in [3.63, 3.8) is 0 Å². The largest absolute Gasteiger partial charge is 0.481 e. The summed E-state index contributed by atoms with van der Waals surface area (Å²) in [6, 6.07) is 3.89. The maximum Gasteiger partial charge on any atom is 0.308 e. The Labute approximate surface area is 110 Å². The van der Waals surface area contributed by atoms with Crippen molar-refractivity contribution in [1.82, 2.24) is 5.32 Å². The third-order valence-electron chi connectivity index (χ3n) is 3.58. The van der Waals surface area contributed by atoms with Gasteiger partial charge in [-0.1, -0.05) is 12.5 Å². The maximum absolute atomic E-state index is 13.4. The first kappa shape index (κ1) is 13.5. The average Bonchev–Trinajstić information content (AvgIpc) is 2.80. The van der Waals surface area contributed by atoms with Gasteiger partial charge in [0.1, 0.15) is 5.82 Å². The highest BCUT2D eigenvalue weighted by molar-refractivity contribution is 5.94. The summed E-state index contributed by atoms with van der Waals surface area (Å²) < 4.78 is 13.4. The molecule has 2 atom stereocenters. The van der Waals surface area contributed by atoms with Crippen LogP contribution in [0.25, 0.3) is 0 Å². The lowest BCUT2D eigenvalue weighted by atomic mass is 10.0. The Morgan fingerprint density at radius 2 is 2.11 bits per heavy atom.